The van der Waals surface area contributed by atoms with Crippen LogP contribution in [0.5, 0.6) is 0 Å². The molecule has 0 unspecified atom stereocenters. The number of rotatable bonds is 6. The van der Waals surface area contributed by atoms with Gasteiger partial charge in [0.15, 0.2) is 0 Å². The van der Waals surface area contributed by atoms with Crippen LogP contribution in [0, 0.1) is 0 Å². The van der Waals surface area contributed by atoms with Crippen molar-refractivity contribution in [3.8, 4) is 0 Å². The van der Waals surface area contributed by atoms with Gasteiger partial charge in [-0.25, -0.2) is 4.79 Å². The monoisotopic (exact) mass is 309 g/mol. The highest BCUT2D eigenvalue weighted by Gasteiger charge is 2.33. The summed E-state index contributed by atoms with van der Waals surface area (Å²) < 4.78 is 38.4. The van der Waals surface area contributed by atoms with Crippen molar-refractivity contribution in [1.82, 2.24) is 25.0 Å². The molecule has 0 radical (unpaired) electrons. The second-order valence-corrected chi connectivity index (χ2v) is 4.20. The molecule has 0 fully saturated rings. The minimum atomic E-state index is -4.67. The van der Waals surface area contributed by atoms with Gasteiger partial charge in [0.25, 0.3) is 0 Å². The first-order valence-corrected chi connectivity index (χ1v) is 5.83. The molecule has 0 bridgehead atoms. The molecule has 0 atom stereocenters. The molecular weight excluding hydrogens is 295 g/mol. The fraction of sp³-hybridized carbons (Fsp3) is 0.600. The van der Waals surface area contributed by atoms with Gasteiger partial charge in [0.1, 0.15) is 25.2 Å². The first-order valence-electron chi connectivity index (χ1n) is 5.83. The van der Waals surface area contributed by atoms with Gasteiger partial charge in [-0.1, -0.05) is 0 Å². The maximum absolute atomic E-state index is 12.3. The largest absolute Gasteiger partial charge is 0.480 e. The lowest BCUT2D eigenvalue weighted by Crippen LogP contribution is -2.47. The van der Waals surface area contributed by atoms with Crippen LogP contribution in [0.1, 0.15) is 5.82 Å². The Bertz CT molecular complexity index is 502. The van der Waals surface area contributed by atoms with Crippen LogP contribution in [0.15, 0.2) is 6.33 Å². The third-order valence-electron chi connectivity index (χ3n) is 2.41. The average Bonchev–Trinajstić information content (AvgIpc) is 2.72. The number of alkyl halides is 3. The summed E-state index contributed by atoms with van der Waals surface area (Å²) in [4.78, 5) is 22.3. The van der Waals surface area contributed by atoms with E-state index in [-0.39, 0.29) is 17.9 Å². The number of aromatic nitrogens is 3. The molecule has 0 aliphatic carbocycles. The molecule has 21 heavy (non-hydrogen) atoms. The van der Waals surface area contributed by atoms with Crippen LogP contribution in [0.4, 0.5) is 18.0 Å². The van der Waals surface area contributed by atoms with Crippen LogP contribution < -0.4 is 5.32 Å². The number of urea groups is 1. The third kappa shape index (κ3) is 6.10. The molecule has 1 rings (SSSR count). The van der Waals surface area contributed by atoms with E-state index in [1.54, 1.807) is 11.6 Å². The lowest BCUT2D eigenvalue weighted by atomic mass is 10.4. The van der Waals surface area contributed by atoms with Crippen LogP contribution in [-0.2, 0) is 18.3 Å². The Morgan fingerprint density at radius 1 is 1.48 bits per heavy atom. The van der Waals surface area contributed by atoms with Crippen molar-refractivity contribution in [3.63, 3.8) is 0 Å². The molecule has 1 aromatic rings. The number of carbonyl (C=O) groups is 2. The summed E-state index contributed by atoms with van der Waals surface area (Å²) in [6.45, 7) is -2.65. The van der Waals surface area contributed by atoms with Crippen LogP contribution in [0.2, 0.25) is 0 Å². The number of amides is 2. The van der Waals surface area contributed by atoms with Crippen molar-refractivity contribution in [2.75, 3.05) is 19.6 Å². The second kappa shape index (κ2) is 6.90. The Balaban J connectivity index is 2.52. The molecule has 0 aliphatic rings. The predicted octanol–water partition coefficient (Wildman–Crippen LogP) is 0.0161. The van der Waals surface area contributed by atoms with Crippen molar-refractivity contribution in [2.24, 2.45) is 7.05 Å². The van der Waals surface area contributed by atoms with Gasteiger partial charge in [-0.15, -0.1) is 10.2 Å². The standard InChI is InChI=1S/C10H14F3N5O3/c1-17-6-15-16-7(17)2-3-14-9(21)18(4-8(19)20)5-10(11,12)13/h6H,2-5H2,1H3,(H,14,21)(H,19,20). The molecule has 1 aromatic heterocycles. The summed E-state index contributed by atoms with van der Waals surface area (Å²) in [7, 11) is 1.68. The number of halogens is 3. The Labute approximate surface area is 117 Å². The zero-order valence-corrected chi connectivity index (χ0v) is 11.1. The fourth-order valence-electron chi connectivity index (χ4n) is 1.51. The number of carboxylic acids is 1. The highest BCUT2D eigenvalue weighted by Crippen LogP contribution is 2.16. The van der Waals surface area contributed by atoms with E-state index in [0.29, 0.717) is 5.82 Å². The van der Waals surface area contributed by atoms with Crippen molar-refractivity contribution >= 4 is 12.0 Å². The number of carboxylic acid groups (broad SMARTS) is 1. The van der Waals surface area contributed by atoms with Gasteiger partial charge >= 0.3 is 18.2 Å². The SMILES string of the molecule is Cn1cnnc1CCNC(=O)N(CC(=O)O)CC(F)(F)F. The third-order valence-corrected chi connectivity index (χ3v) is 2.41. The molecule has 0 spiro atoms. The van der Waals surface area contributed by atoms with Gasteiger partial charge < -0.3 is 19.9 Å². The summed E-state index contributed by atoms with van der Waals surface area (Å²) in [6.07, 6.45) is -2.97. The second-order valence-electron chi connectivity index (χ2n) is 4.20. The normalized spacial score (nSPS) is 11.2. The number of hydrogen-bond donors (Lipinski definition) is 2. The van der Waals surface area contributed by atoms with Gasteiger partial charge in [0.2, 0.25) is 0 Å². The molecule has 0 aromatic carbocycles. The van der Waals surface area contributed by atoms with E-state index in [4.69, 9.17) is 5.11 Å². The van der Waals surface area contributed by atoms with Crippen LogP contribution in [0.3, 0.4) is 0 Å². The number of aliphatic carboxylic acids is 1. The lowest BCUT2D eigenvalue weighted by molar-refractivity contribution is -0.148. The van der Waals surface area contributed by atoms with Crippen LogP contribution in [0.25, 0.3) is 0 Å². The average molecular weight is 309 g/mol. The first-order chi connectivity index (χ1) is 9.69. The summed E-state index contributed by atoms with van der Waals surface area (Å²) in [5, 5.41) is 18.1. The van der Waals surface area contributed by atoms with Crippen LogP contribution >= 0.6 is 0 Å². The summed E-state index contributed by atoms with van der Waals surface area (Å²) in [5.41, 5.74) is 0. The van der Waals surface area contributed by atoms with Crippen molar-refractivity contribution < 1.29 is 27.9 Å². The van der Waals surface area contributed by atoms with Crippen molar-refractivity contribution in [1.29, 1.82) is 0 Å². The number of hydrogen-bond acceptors (Lipinski definition) is 4. The minimum Gasteiger partial charge on any atom is -0.480 e. The van der Waals surface area contributed by atoms with E-state index >= 15 is 0 Å². The number of carbonyl (C=O) groups excluding carboxylic acids is 1. The van der Waals surface area contributed by atoms with E-state index in [2.05, 4.69) is 15.5 Å². The number of aryl methyl sites for hydroxylation is 1. The van der Waals surface area contributed by atoms with E-state index in [1.807, 2.05) is 0 Å². The maximum atomic E-state index is 12.3. The molecule has 0 saturated heterocycles. The number of nitrogens with zero attached hydrogens (tertiary/aromatic N) is 4. The Morgan fingerprint density at radius 3 is 2.62 bits per heavy atom. The molecular formula is C10H14F3N5O3. The van der Waals surface area contributed by atoms with Gasteiger partial charge in [-0.3, -0.25) is 4.79 Å². The van der Waals surface area contributed by atoms with Crippen molar-refractivity contribution in [3.05, 3.63) is 12.2 Å². The van der Waals surface area contributed by atoms with Gasteiger partial charge in [0.05, 0.1) is 0 Å². The lowest BCUT2D eigenvalue weighted by Gasteiger charge is -2.22. The summed E-state index contributed by atoms with van der Waals surface area (Å²) >= 11 is 0. The first kappa shape index (κ1) is 16.7. The summed E-state index contributed by atoms with van der Waals surface area (Å²) in [5.74, 6) is -0.987. The van der Waals surface area contributed by atoms with E-state index < -0.39 is 31.3 Å². The van der Waals surface area contributed by atoms with Gasteiger partial charge in [0, 0.05) is 20.0 Å². The maximum Gasteiger partial charge on any atom is 0.406 e. The van der Waals surface area contributed by atoms with E-state index in [9.17, 15) is 22.8 Å². The van der Waals surface area contributed by atoms with Gasteiger partial charge in [-0.05, 0) is 0 Å². The molecule has 8 nitrogen and oxygen atoms in total. The molecule has 2 amide bonds. The molecule has 0 saturated carbocycles. The molecule has 1 heterocycles. The number of nitrogens with one attached hydrogen (secondary N) is 1. The molecule has 0 aliphatic heterocycles. The Morgan fingerprint density at radius 2 is 2.14 bits per heavy atom. The quantitative estimate of drug-likeness (QED) is 0.771. The predicted molar refractivity (Wildman–Crippen MR) is 63.4 cm³/mol. The molecule has 11 heteroatoms. The minimum absolute atomic E-state index is 0.0132. The highest BCUT2D eigenvalue weighted by molar-refractivity contribution is 5.80. The zero-order valence-electron chi connectivity index (χ0n) is 11.1. The van der Waals surface area contributed by atoms with Crippen LogP contribution in [-0.4, -0.2) is 62.6 Å². The Kier molecular flexibility index (Phi) is 5.50. The topological polar surface area (TPSA) is 100 Å². The summed E-state index contributed by atoms with van der Waals surface area (Å²) in [6, 6.07) is -1.10. The van der Waals surface area contributed by atoms with Gasteiger partial charge in [-0.2, -0.15) is 13.2 Å². The fourth-order valence-corrected chi connectivity index (χ4v) is 1.51. The molecule has 2 N–H and O–H groups in total. The van der Waals surface area contributed by atoms with E-state index in [1.165, 1.54) is 6.33 Å². The van der Waals surface area contributed by atoms with E-state index in [0.717, 1.165) is 0 Å². The highest BCUT2D eigenvalue weighted by atomic mass is 19.4. The smallest absolute Gasteiger partial charge is 0.406 e. The molecule has 118 valence electrons. The zero-order chi connectivity index (χ0) is 16.0. The Hall–Kier alpha value is -2.33. The van der Waals surface area contributed by atoms with Crippen molar-refractivity contribution in [2.45, 2.75) is 12.6 Å².